The summed E-state index contributed by atoms with van der Waals surface area (Å²) in [5.74, 6) is 0.862. The Hall–Kier alpha value is -0.120. The first kappa shape index (κ1) is 10.4. The van der Waals surface area contributed by atoms with Crippen LogP contribution < -0.4 is 0 Å². The summed E-state index contributed by atoms with van der Waals surface area (Å²) in [6.07, 6.45) is 3.27. The van der Waals surface area contributed by atoms with Crippen LogP contribution in [0.3, 0.4) is 0 Å². The van der Waals surface area contributed by atoms with E-state index in [0.717, 1.165) is 32.0 Å². The normalized spacial score (nSPS) is 28.7. The molecule has 14 heavy (non-hydrogen) atoms. The van der Waals surface area contributed by atoms with Crippen molar-refractivity contribution in [1.82, 2.24) is 4.90 Å². The molecule has 2 heterocycles. The van der Waals surface area contributed by atoms with Crippen LogP contribution in [0.2, 0.25) is 0 Å². The molecule has 2 aliphatic rings. The molecule has 0 aromatic heterocycles. The van der Waals surface area contributed by atoms with Crippen LogP contribution in [0.5, 0.6) is 0 Å². The van der Waals surface area contributed by atoms with Crippen molar-refractivity contribution in [2.75, 3.05) is 32.9 Å². The molecule has 0 aromatic carbocycles. The van der Waals surface area contributed by atoms with E-state index in [-0.39, 0.29) is 5.54 Å². The fourth-order valence-corrected chi connectivity index (χ4v) is 2.54. The predicted octanol–water partition coefficient (Wildman–Crippen LogP) is 0.870. The van der Waals surface area contributed by atoms with Gasteiger partial charge < -0.3 is 9.84 Å². The van der Waals surface area contributed by atoms with E-state index in [4.69, 9.17) is 4.74 Å². The number of rotatable bonds is 3. The van der Waals surface area contributed by atoms with Crippen LogP contribution in [0.25, 0.3) is 0 Å². The van der Waals surface area contributed by atoms with Crippen LogP contribution >= 0.6 is 0 Å². The lowest BCUT2D eigenvalue weighted by atomic mass is 9.82. The van der Waals surface area contributed by atoms with Gasteiger partial charge >= 0.3 is 0 Å². The van der Waals surface area contributed by atoms with Gasteiger partial charge in [0, 0.05) is 31.8 Å². The zero-order chi connectivity index (χ0) is 10.0. The summed E-state index contributed by atoms with van der Waals surface area (Å²) in [7, 11) is 0. The first-order chi connectivity index (χ1) is 6.80. The zero-order valence-electron chi connectivity index (χ0n) is 9.04. The molecule has 2 aliphatic heterocycles. The highest BCUT2D eigenvalue weighted by Gasteiger charge is 2.43. The highest BCUT2D eigenvalue weighted by Crippen LogP contribution is 2.34. The molecule has 82 valence electrons. The molecule has 0 bridgehead atoms. The number of aliphatic hydroxyl groups is 1. The molecule has 1 N–H and O–H groups in total. The van der Waals surface area contributed by atoms with Crippen LogP contribution in [0, 0.1) is 5.92 Å². The summed E-state index contributed by atoms with van der Waals surface area (Å²) in [5, 5.41) is 9.54. The second kappa shape index (κ2) is 4.17. The van der Waals surface area contributed by atoms with E-state index < -0.39 is 0 Å². The molecule has 0 radical (unpaired) electrons. The quantitative estimate of drug-likeness (QED) is 0.732. The van der Waals surface area contributed by atoms with E-state index in [2.05, 4.69) is 11.8 Å². The lowest BCUT2D eigenvalue weighted by Gasteiger charge is -2.53. The van der Waals surface area contributed by atoms with Gasteiger partial charge in [-0.2, -0.15) is 0 Å². The Morgan fingerprint density at radius 2 is 2.00 bits per heavy atom. The zero-order valence-corrected chi connectivity index (χ0v) is 9.04. The van der Waals surface area contributed by atoms with Crippen molar-refractivity contribution in [3.63, 3.8) is 0 Å². The van der Waals surface area contributed by atoms with Gasteiger partial charge in [0.25, 0.3) is 0 Å². The highest BCUT2D eigenvalue weighted by molar-refractivity contribution is 4.97. The first-order valence-corrected chi connectivity index (χ1v) is 5.74. The van der Waals surface area contributed by atoms with Crippen LogP contribution in [0.1, 0.15) is 26.2 Å². The van der Waals surface area contributed by atoms with E-state index in [1.165, 1.54) is 19.5 Å². The summed E-state index contributed by atoms with van der Waals surface area (Å²) < 4.78 is 5.36. The number of likely N-dealkylation sites (tertiary alicyclic amines) is 1. The Balaban J connectivity index is 1.92. The third-order valence-electron chi connectivity index (χ3n) is 3.92. The van der Waals surface area contributed by atoms with Gasteiger partial charge in [0.2, 0.25) is 0 Å². The average Bonchev–Trinajstić information content (AvgIpc) is 2.18. The largest absolute Gasteiger partial charge is 0.394 e. The van der Waals surface area contributed by atoms with Crippen molar-refractivity contribution in [3.8, 4) is 0 Å². The second-order valence-corrected chi connectivity index (χ2v) is 4.67. The lowest BCUT2D eigenvalue weighted by Crippen LogP contribution is -2.63. The first-order valence-electron chi connectivity index (χ1n) is 5.74. The van der Waals surface area contributed by atoms with Gasteiger partial charge in [0.05, 0.1) is 6.61 Å². The minimum Gasteiger partial charge on any atom is -0.394 e. The summed E-state index contributed by atoms with van der Waals surface area (Å²) in [6.45, 7) is 6.53. The Kier molecular flexibility index (Phi) is 3.10. The Labute approximate surface area is 86.0 Å². The van der Waals surface area contributed by atoms with Gasteiger partial charge in [-0.3, -0.25) is 4.90 Å². The van der Waals surface area contributed by atoms with Gasteiger partial charge in [-0.1, -0.05) is 13.3 Å². The summed E-state index contributed by atoms with van der Waals surface area (Å²) >= 11 is 0. The molecule has 0 unspecified atom stereocenters. The highest BCUT2D eigenvalue weighted by atomic mass is 16.5. The van der Waals surface area contributed by atoms with Crippen LogP contribution in [-0.2, 0) is 4.74 Å². The van der Waals surface area contributed by atoms with Crippen molar-refractivity contribution in [2.45, 2.75) is 31.7 Å². The lowest BCUT2D eigenvalue weighted by molar-refractivity contribution is -0.101. The van der Waals surface area contributed by atoms with Gasteiger partial charge in [0.1, 0.15) is 0 Å². The molecule has 0 aliphatic carbocycles. The van der Waals surface area contributed by atoms with E-state index in [9.17, 15) is 5.11 Å². The van der Waals surface area contributed by atoms with Crippen molar-refractivity contribution >= 4 is 0 Å². The molecular formula is C11H21NO2. The third kappa shape index (κ3) is 1.69. The number of aliphatic hydroxyl groups excluding tert-OH is 1. The summed E-state index contributed by atoms with van der Waals surface area (Å²) in [4.78, 5) is 2.46. The fraction of sp³-hybridized carbons (Fsp3) is 1.00. The Morgan fingerprint density at radius 3 is 2.50 bits per heavy atom. The number of nitrogens with zero attached hydrogens (tertiary/aromatic N) is 1. The molecule has 0 spiro atoms. The Bertz CT molecular complexity index is 184. The van der Waals surface area contributed by atoms with Crippen molar-refractivity contribution in [2.24, 2.45) is 5.92 Å². The van der Waals surface area contributed by atoms with Crippen LogP contribution in [-0.4, -0.2) is 48.5 Å². The minimum atomic E-state index is 0.0594. The fourth-order valence-electron chi connectivity index (χ4n) is 2.54. The topological polar surface area (TPSA) is 32.7 Å². The molecule has 0 aromatic rings. The molecule has 0 amide bonds. The third-order valence-corrected chi connectivity index (χ3v) is 3.92. The standard InChI is InChI=1S/C11H21NO2/c1-2-10-7-12(8-10)11(9-13)3-5-14-6-4-11/h10,13H,2-9H2,1H3. The van der Waals surface area contributed by atoms with Crippen molar-refractivity contribution in [3.05, 3.63) is 0 Å². The van der Waals surface area contributed by atoms with Gasteiger partial charge in [0.15, 0.2) is 0 Å². The molecule has 2 fully saturated rings. The van der Waals surface area contributed by atoms with Crippen LogP contribution in [0.15, 0.2) is 0 Å². The van der Waals surface area contributed by atoms with Gasteiger partial charge in [-0.25, -0.2) is 0 Å². The monoisotopic (exact) mass is 199 g/mol. The Morgan fingerprint density at radius 1 is 1.36 bits per heavy atom. The van der Waals surface area contributed by atoms with Crippen molar-refractivity contribution < 1.29 is 9.84 Å². The molecule has 3 nitrogen and oxygen atoms in total. The maximum atomic E-state index is 9.54. The summed E-state index contributed by atoms with van der Waals surface area (Å²) in [5.41, 5.74) is 0.0594. The number of ether oxygens (including phenoxy) is 1. The van der Waals surface area contributed by atoms with E-state index in [1.807, 2.05) is 0 Å². The van der Waals surface area contributed by atoms with E-state index in [1.54, 1.807) is 0 Å². The molecule has 2 rings (SSSR count). The smallest absolute Gasteiger partial charge is 0.0617 e. The maximum absolute atomic E-state index is 9.54. The molecule has 0 saturated carbocycles. The van der Waals surface area contributed by atoms with Gasteiger partial charge in [-0.05, 0) is 18.8 Å². The number of hydrogen-bond acceptors (Lipinski definition) is 3. The second-order valence-electron chi connectivity index (χ2n) is 4.67. The van der Waals surface area contributed by atoms with E-state index >= 15 is 0 Å². The van der Waals surface area contributed by atoms with E-state index in [0.29, 0.717) is 6.61 Å². The van der Waals surface area contributed by atoms with Crippen molar-refractivity contribution in [1.29, 1.82) is 0 Å². The molecule has 2 saturated heterocycles. The van der Waals surface area contributed by atoms with Crippen LogP contribution in [0.4, 0.5) is 0 Å². The maximum Gasteiger partial charge on any atom is 0.0617 e. The SMILES string of the molecule is CCC1CN(C2(CO)CCOCC2)C1. The minimum absolute atomic E-state index is 0.0594. The van der Waals surface area contributed by atoms with Gasteiger partial charge in [-0.15, -0.1) is 0 Å². The molecule has 0 atom stereocenters. The molecule has 3 heteroatoms. The summed E-state index contributed by atoms with van der Waals surface area (Å²) in [6, 6.07) is 0. The number of hydrogen-bond donors (Lipinski definition) is 1. The predicted molar refractivity (Wildman–Crippen MR) is 55.2 cm³/mol. The molecular weight excluding hydrogens is 178 g/mol. The average molecular weight is 199 g/mol.